The van der Waals surface area contributed by atoms with Gasteiger partial charge in [-0.25, -0.2) is 4.98 Å². The van der Waals surface area contributed by atoms with E-state index in [9.17, 15) is 0 Å². The summed E-state index contributed by atoms with van der Waals surface area (Å²) in [5, 5.41) is 6.56. The van der Waals surface area contributed by atoms with Crippen molar-refractivity contribution >= 4 is 22.7 Å². The van der Waals surface area contributed by atoms with Crippen LogP contribution in [0.15, 0.2) is 29.6 Å². The summed E-state index contributed by atoms with van der Waals surface area (Å²) in [7, 11) is 0. The van der Waals surface area contributed by atoms with Crippen molar-refractivity contribution in [2.45, 2.75) is 19.9 Å². The van der Waals surface area contributed by atoms with Crippen LogP contribution in [0.3, 0.4) is 0 Å². The molecule has 1 aromatic heterocycles. The predicted octanol–water partition coefficient (Wildman–Crippen LogP) is 3.21. The topological polar surface area (TPSA) is 50.9 Å². The molecule has 0 radical (unpaired) electrons. The Labute approximate surface area is 99.3 Å². The highest BCUT2D eigenvalue weighted by Crippen LogP contribution is 2.22. The van der Waals surface area contributed by atoms with Gasteiger partial charge >= 0.3 is 0 Å². The molecule has 0 aliphatic rings. The minimum Gasteiger partial charge on any atom is -0.399 e. The van der Waals surface area contributed by atoms with Gasteiger partial charge in [-0.2, -0.15) is 0 Å². The highest BCUT2D eigenvalue weighted by molar-refractivity contribution is 7.09. The van der Waals surface area contributed by atoms with Crippen LogP contribution in [0.5, 0.6) is 0 Å². The third kappa shape index (κ3) is 2.52. The zero-order valence-electron chi connectivity index (χ0n) is 9.40. The van der Waals surface area contributed by atoms with Gasteiger partial charge in [-0.3, -0.25) is 0 Å². The molecule has 2 aromatic rings. The van der Waals surface area contributed by atoms with Crippen LogP contribution in [0.1, 0.15) is 23.7 Å². The number of aryl methyl sites for hydroxylation is 1. The van der Waals surface area contributed by atoms with Gasteiger partial charge < -0.3 is 11.1 Å². The lowest BCUT2D eigenvalue weighted by molar-refractivity contribution is 0.864. The SMILES string of the molecule is Cc1csc(C(C)Nc2ccc(N)cc2)n1. The van der Waals surface area contributed by atoms with E-state index in [1.807, 2.05) is 31.2 Å². The number of rotatable bonds is 3. The van der Waals surface area contributed by atoms with Crippen LogP contribution in [-0.2, 0) is 0 Å². The molecule has 1 unspecified atom stereocenters. The Hall–Kier alpha value is -1.55. The second kappa shape index (κ2) is 4.53. The first kappa shape index (κ1) is 11.0. The van der Waals surface area contributed by atoms with Crippen LogP contribution in [0, 0.1) is 6.92 Å². The molecule has 2 rings (SSSR count). The number of nitrogens with zero attached hydrogens (tertiary/aromatic N) is 1. The van der Waals surface area contributed by atoms with Crippen LogP contribution in [0.2, 0.25) is 0 Å². The smallest absolute Gasteiger partial charge is 0.115 e. The van der Waals surface area contributed by atoms with E-state index in [0.29, 0.717) is 0 Å². The summed E-state index contributed by atoms with van der Waals surface area (Å²) in [5.74, 6) is 0. The molecule has 3 nitrogen and oxygen atoms in total. The zero-order valence-corrected chi connectivity index (χ0v) is 10.2. The van der Waals surface area contributed by atoms with Gasteiger partial charge in [0.05, 0.1) is 6.04 Å². The summed E-state index contributed by atoms with van der Waals surface area (Å²) in [6, 6.07) is 7.96. The second-order valence-electron chi connectivity index (χ2n) is 3.82. The largest absolute Gasteiger partial charge is 0.399 e. The van der Waals surface area contributed by atoms with E-state index >= 15 is 0 Å². The zero-order chi connectivity index (χ0) is 11.5. The summed E-state index contributed by atoms with van der Waals surface area (Å²) in [6.07, 6.45) is 0. The lowest BCUT2D eigenvalue weighted by Gasteiger charge is -2.12. The molecule has 0 aliphatic heterocycles. The molecule has 0 bridgehead atoms. The number of anilines is 2. The third-order valence-corrected chi connectivity index (χ3v) is 3.45. The van der Waals surface area contributed by atoms with Crippen molar-refractivity contribution in [1.29, 1.82) is 0 Å². The van der Waals surface area contributed by atoms with Crippen LogP contribution in [0.4, 0.5) is 11.4 Å². The van der Waals surface area contributed by atoms with Crippen molar-refractivity contribution in [2.24, 2.45) is 0 Å². The molecule has 16 heavy (non-hydrogen) atoms. The van der Waals surface area contributed by atoms with Crippen LogP contribution in [0.25, 0.3) is 0 Å². The van der Waals surface area contributed by atoms with Crippen molar-refractivity contribution in [2.75, 3.05) is 11.1 Å². The lowest BCUT2D eigenvalue weighted by Crippen LogP contribution is -2.06. The number of aromatic nitrogens is 1. The van der Waals surface area contributed by atoms with Gasteiger partial charge in [0.1, 0.15) is 5.01 Å². The average Bonchev–Trinajstić information content (AvgIpc) is 2.68. The quantitative estimate of drug-likeness (QED) is 0.800. The van der Waals surface area contributed by atoms with Crippen LogP contribution in [-0.4, -0.2) is 4.98 Å². The molecule has 0 saturated heterocycles. The molecule has 1 heterocycles. The molecule has 4 heteroatoms. The fourth-order valence-electron chi connectivity index (χ4n) is 1.46. The Morgan fingerprint density at radius 1 is 1.31 bits per heavy atom. The third-order valence-electron chi connectivity index (χ3n) is 2.30. The number of hydrogen-bond acceptors (Lipinski definition) is 4. The fraction of sp³-hybridized carbons (Fsp3) is 0.250. The van der Waals surface area contributed by atoms with Crippen molar-refractivity contribution in [3.05, 3.63) is 40.3 Å². The predicted molar refractivity (Wildman–Crippen MR) is 69.7 cm³/mol. The maximum atomic E-state index is 5.63. The van der Waals surface area contributed by atoms with E-state index in [1.54, 1.807) is 11.3 Å². The first-order valence-electron chi connectivity index (χ1n) is 5.19. The van der Waals surface area contributed by atoms with E-state index < -0.39 is 0 Å². The van der Waals surface area contributed by atoms with Gasteiger partial charge in [-0.1, -0.05) is 0 Å². The summed E-state index contributed by atoms with van der Waals surface area (Å²) in [4.78, 5) is 4.46. The van der Waals surface area contributed by atoms with Crippen LogP contribution < -0.4 is 11.1 Å². The molecule has 3 N–H and O–H groups in total. The highest BCUT2D eigenvalue weighted by Gasteiger charge is 2.08. The molecule has 0 amide bonds. The van der Waals surface area contributed by atoms with E-state index in [2.05, 4.69) is 22.6 Å². The molecule has 84 valence electrons. The molecule has 0 saturated carbocycles. The van der Waals surface area contributed by atoms with Crippen LogP contribution >= 0.6 is 11.3 Å². The van der Waals surface area contributed by atoms with E-state index in [1.165, 1.54) is 0 Å². The van der Waals surface area contributed by atoms with Gasteiger partial charge in [-0.05, 0) is 38.1 Å². The number of nitrogens with two attached hydrogens (primary N) is 1. The number of thiazole rings is 1. The Morgan fingerprint density at radius 2 is 2.00 bits per heavy atom. The molecule has 1 aromatic carbocycles. The standard InChI is InChI=1S/C12H15N3S/c1-8-7-16-12(14-8)9(2)15-11-5-3-10(13)4-6-11/h3-7,9,15H,13H2,1-2H3. The summed E-state index contributed by atoms with van der Waals surface area (Å²) in [5.41, 5.74) is 8.55. The average molecular weight is 233 g/mol. The normalized spacial score (nSPS) is 12.4. The summed E-state index contributed by atoms with van der Waals surface area (Å²) in [6.45, 7) is 4.12. The van der Waals surface area contributed by atoms with E-state index in [-0.39, 0.29) is 6.04 Å². The number of benzene rings is 1. The Bertz CT molecular complexity index is 461. The molecule has 0 fully saturated rings. The van der Waals surface area contributed by atoms with Gasteiger partial charge in [0, 0.05) is 22.4 Å². The van der Waals surface area contributed by atoms with E-state index in [4.69, 9.17) is 5.73 Å². The monoisotopic (exact) mass is 233 g/mol. The van der Waals surface area contributed by atoms with Gasteiger partial charge in [0.2, 0.25) is 0 Å². The number of hydrogen-bond donors (Lipinski definition) is 2. The van der Waals surface area contributed by atoms with Crippen molar-refractivity contribution in [3.63, 3.8) is 0 Å². The Balaban J connectivity index is 2.07. The first-order chi connectivity index (χ1) is 7.65. The highest BCUT2D eigenvalue weighted by atomic mass is 32.1. The van der Waals surface area contributed by atoms with Crippen molar-refractivity contribution in [1.82, 2.24) is 4.98 Å². The fourth-order valence-corrected chi connectivity index (χ4v) is 2.27. The Kier molecular flexibility index (Phi) is 3.10. The second-order valence-corrected chi connectivity index (χ2v) is 4.70. The summed E-state index contributed by atoms with van der Waals surface area (Å²) >= 11 is 1.68. The molecule has 0 spiro atoms. The maximum Gasteiger partial charge on any atom is 0.115 e. The number of nitrogens with one attached hydrogen (secondary N) is 1. The van der Waals surface area contributed by atoms with Gasteiger partial charge in [0.15, 0.2) is 0 Å². The molecule has 0 aliphatic carbocycles. The summed E-state index contributed by atoms with van der Waals surface area (Å²) < 4.78 is 0. The minimum absolute atomic E-state index is 0.224. The van der Waals surface area contributed by atoms with E-state index in [0.717, 1.165) is 22.1 Å². The molecular weight excluding hydrogens is 218 g/mol. The number of nitrogen functional groups attached to an aromatic ring is 1. The Morgan fingerprint density at radius 3 is 2.56 bits per heavy atom. The van der Waals surface area contributed by atoms with Crippen molar-refractivity contribution in [3.8, 4) is 0 Å². The minimum atomic E-state index is 0.224. The maximum absolute atomic E-state index is 5.63. The van der Waals surface area contributed by atoms with Gasteiger partial charge in [-0.15, -0.1) is 11.3 Å². The van der Waals surface area contributed by atoms with Gasteiger partial charge in [0.25, 0.3) is 0 Å². The lowest BCUT2D eigenvalue weighted by atomic mass is 10.2. The molecule has 1 atom stereocenters. The first-order valence-corrected chi connectivity index (χ1v) is 6.07. The molecular formula is C12H15N3S. The van der Waals surface area contributed by atoms with Crippen molar-refractivity contribution < 1.29 is 0 Å².